The highest BCUT2D eigenvalue weighted by Crippen LogP contribution is 2.44. The number of carbonyl (C=O) groups is 1. The van der Waals surface area contributed by atoms with E-state index in [-0.39, 0.29) is 29.8 Å². The standard InChI is InChI=1S/C18H28O5/c1-12-6-7-15-18(4,23-15)14(21-5)8-10-17(3,20)11-9-16(19)22-13(12)2/h8-15,20H,6-7H2,1-5H3/b10-8+,11-9+/t12-,13+,14-,15+,17+,18-/m0/s1. The Morgan fingerprint density at radius 1 is 1.26 bits per heavy atom. The summed E-state index contributed by atoms with van der Waals surface area (Å²) in [4.78, 5) is 11.8. The summed E-state index contributed by atoms with van der Waals surface area (Å²) in [7, 11) is 1.63. The van der Waals surface area contributed by atoms with Gasteiger partial charge >= 0.3 is 5.97 Å². The lowest BCUT2D eigenvalue weighted by Crippen LogP contribution is -2.31. The van der Waals surface area contributed by atoms with E-state index < -0.39 is 11.6 Å². The average molecular weight is 324 g/mol. The Labute approximate surface area is 138 Å². The number of ether oxygens (including phenoxy) is 3. The summed E-state index contributed by atoms with van der Waals surface area (Å²) in [5.74, 6) is -0.202. The minimum absolute atomic E-state index is 0.117. The van der Waals surface area contributed by atoms with Crippen molar-refractivity contribution in [2.45, 2.75) is 70.1 Å². The molecule has 0 unspecified atom stereocenters. The zero-order valence-corrected chi connectivity index (χ0v) is 14.6. The summed E-state index contributed by atoms with van der Waals surface area (Å²) in [6, 6.07) is 0. The molecule has 2 aliphatic heterocycles. The van der Waals surface area contributed by atoms with Gasteiger partial charge in [0.2, 0.25) is 0 Å². The monoisotopic (exact) mass is 324 g/mol. The van der Waals surface area contributed by atoms with Crippen LogP contribution in [0.5, 0.6) is 0 Å². The van der Waals surface area contributed by atoms with Crippen LogP contribution in [0.2, 0.25) is 0 Å². The first-order valence-corrected chi connectivity index (χ1v) is 8.20. The molecule has 0 bridgehead atoms. The van der Waals surface area contributed by atoms with Gasteiger partial charge in [0.05, 0.1) is 11.7 Å². The van der Waals surface area contributed by atoms with E-state index in [1.165, 1.54) is 12.2 Å². The van der Waals surface area contributed by atoms with Crippen LogP contribution in [-0.2, 0) is 19.0 Å². The van der Waals surface area contributed by atoms with Gasteiger partial charge in [-0.1, -0.05) is 19.1 Å². The third-order valence-electron chi connectivity index (χ3n) is 4.95. The van der Waals surface area contributed by atoms with Crippen molar-refractivity contribution < 1.29 is 24.1 Å². The molecular weight excluding hydrogens is 296 g/mol. The van der Waals surface area contributed by atoms with E-state index in [0.29, 0.717) is 0 Å². The van der Waals surface area contributed by atoms with Crippen molar-refractivity contribution in [2.75, 3.05) is 7.11 Å². The van der Waals surface area contributed by atoms with Crippen molar-refractivity contribution >= 4 is 5.97 Å². The molecule has 0 aromatic rings. The van der Waals surface area contributed by atoms with Crippen LogP contribution in [-0.4, -0.2) is 47.7 Å². The van der Waals surface area contributed by atoms with Gasteiger partial charge in [-0.2, -0.15) is 0 Å². The summed E-state index contributed by atoms with van der Waals surface area (Å²) >= 11 is 0. The van der Waals surface area contributed by atoms with Crippen LogP contribution < -0.4 is 0 Å². The van der Waals surface area contributed by atoms with Crippen LogP contribution >= 0.6 is 0 Å². The first-order chi connectivity index (χ1) is 10.7. The van der Waals surface area contributed by atoms with Crippen LogP contribution in [0.25, 0.3) is 0 Å². The van der Waals surface area contributed by atoms with E-state index in [9.17, 15) is 9.90 Å². The number of hydrogen-bond donors (Lipinski definition) is 1. The molecule has 0 amide bonds. The number of rotatable bonds is 1. The molecule has 5 heteroatoms. The third kappa shape index (κ3) is 4.43. The van der Waals surface area contributed by atoms with Gasteiger partial charge in [0.15, 0.2) is 0 Å². The lowest BCUT2D eigenvalue weighted by molar-refractivity contribution is -0.144. The zero-order valence-electron chi connectivity index (χ0n) is 14.6. The van der Waals surface area contributed by atoms with Crippen LogP contribution in [0.1, 0.15) is 40.5 Å². The molecule has 1 saturated heterocycles. The van der Waals surface area contributed by atoms with E-state index >= 15 is 0 Å². The van der Waals surface area contributed by atoms with Crippen LogP contribution in [0.3, 0.4) is 0 Å². The Morgan fingerprint density at radius 3 is 2.61 bits per heavy atom. The molecule has 23 heavy (non-hydrogen) atoms. The van der Waals surface area contributed by atoms with Gasteiger partial charge in [0.25, 0.3) is 0 Å². The molecule has 0 saturated carbocycles. The normalized spacial score (nSPS) is 47.8. The van der Waals surface area contributed by atoms with Crippen molar-refractivity contribution in [2.24, 2.45) is 5.92 Å². The fourth-order valence-electron chi connectivity index (χ4n) is 2.93. The molecule has 0 aliphatic carbocycles. The van der Waals surface area contributed by atoms with E-state index in [2.05, 4.69) is 6.92 Å². The molecule has 2 rings (SSSR count). The summed E-state index contributed by atoms with van der Waals surface area (Å²) in [5, 5.41) is 10.3. The van der Waals surface area contributed by atoms with E-state index in [1.807, 2.05) is 13.8 Å². The molecule has 5 nitrogen and oxygen atoms in total. The number of methoxy groups -OCH3 is 1. The van der Waals surface area contributed by atoms with Crippen molar-refractivity contribution in [1.29, 1.82) is 0 Å². The van der Waals surface area contributed by atoms with E-state index in [4.69, 9.17) is 14.2 Å². The highest BCUT2D eigenvalue weighted by Gasteiger charge is 2.57. The smallest absolute Gasteiger partial charge is 0.330 e. The molecule has 0 radical (unpaired) electrons. The molecule has 1 N–H and O–H groups in total. The Bertz CT molecular complexity index is 496. The second-order valence-corrected chi connectivity index (χ2v) is 7.06. The second kappa shape index (κ2) is 6.75. The highest BCUT2D eigenvalue weighted by molar-refractivity contribution is 5.82. The van der Waals surface area contributed by atoms with Crippen molar-refractivity contribution in [1.82, 2.24) is 0 Å². The molecule has 0 spiro atoms. The molecule has 0 aromatic carbocycles. The zero-order chi connectivity index (χ0) is 17.3. The first-order valence-electron chi connectivity index (χ1n) is 8.20. The Balaban J connectivity index is 2.23. The fraction of sp³-hybridized carbons (Fsp3) is 0.722. The van der Waals surface area contributed by atoms with Crippen LogP contribution in [0, 0.1) is 5.92 Å². The largest absolute Gasteiger partial charge is 0.459 e. The maximum atomic E-state index is 11.8. The fourth-order valence-corrected chi connectivity index (χ4v) is 2.93. The summed E-state index contributed by atoms with van der Waals surface area (Å²) in [6.45, 7) is 7.59. The summed E-state index contributed by atoms with van der Waals surface area (Å²) in [6.07, 6.45) is 7.62. The minimum atomic E-state index is -1.25. The molecule has 1 fully saturated rings. The molecule has 0 aromatic heterocycles. The maximum Gasteiger partial charge on any atom is 0.330 e. The number of fused-ring (bicyclic) bond motifs is 1. The van der Waals surface area contributed by atoms with Crippen molar-refractivity contribution in [3.05, 3.63) is 24.3 Å². The predicted molar refractivity (Wildman–Crippen MR) is 86.9 cm³/mol. The van der Waals surface area contributed by atoms with E-state index in [0.717, 1.165) is 12.8 Å². The number of hydrogen-bond acceptors (Lipinski definition) is 5. The van der Waals surface area contributed by atoms with Crippen LogP contribution in [0.4, 0.5) is 0 Å². The van der Waals surface area contributed by atoms with Gasteiger partial charge in [-0.05, 0) is 45.6 Å². The average Bonchev–Trinajstić information content (AvgIpc) is 3.14. The number of epoxide rings is 1. The number of carbonyl (C=O) groups excluding carboxylic acids is 1. The molecule has 2 aliphatic rings. The number of cyclic esters (lactones) is 1. The van der Waals surface area contributed by atoms with Crippen LogP contribution in [0.15, 0.2) is 24.3 Å². The molecule has 130 valence electrons. The molecule has 2 heterocycles. The quantitative estimate of drug-likeness (QED) is 0.456. The van der Waals surface area contributed by atoms with Gasteiger partial charge in [-0.3, -0.25) is 0 Å². The number of aliphatic hydroxyl groups is 1. The van der Waals surface area contributed by atoms with Gasteiger partial charge in [-0.15, -0.1) is 0 Å². The SMILES string of the molecule is CO[C@H]1/C=C/[C@@](C)(O)/C=C/C(=O)O[C@H](C)[C@@H](C)CC[C@H]2O[C@@]12C. The Hall–Kier alpha value is -1.17. The summed E-state index contributed by atoms with van der Waals surface area (Å²) < 4.78 is 16.8. The minimum Gasteiger partial charge on any atom is -0.459 e. The Morgan fingerprint density at radius 2 is 1.96 bits per heavy atom. The lowest BCUT2D eigenvalue weighted by Gasteiger charge is -2.22. The maximum absolute atomic E-state index is 11.8. The van der Waals surface area contributed by atoms with Gasteiger partial charge in [0.1, 0.15) is 17.8 Å². The van der Waals surface area contributed by atoms with Gasteiger partial charge in [0, 0.05) is 13.2 Å². The van der Waals surface area contributed by atoms with E-state index in [1.54, 1.807) is 26.2 Å². The topological polar surface area (TPSA) is 68.3 Å². The predicted octanol–water partition coefficient (Wildman–Crippen LogP) is 2.38. The lowest BCUT2D eigenvalue weighted by atomic mass is 9.91. The van der Waals surface area contributed by atoms with Gasteiger partial charge in [-0.25, -0.2) is 4.79 Å². The Kier molecular flexibility index (Phi) is 5.33. The van der Waals surface area contributed by atoms with Crippen molar-refractivity contribution in [3.63, 3.8) is 0 Å². The first kappa shape index (κ1) is 18.2. The molecule has 6 atom stereocenters. The number of esters is 1. The second-order valence-electron chi connectivity index (χ2n) is 7.06. The highest BCUT2D eigenvalue weighted by atomic mass is 16.6. The molecular formula is C18H28O5. The van der Waals surface area contributed by atoms with Crippen molar-refractivity contribution in [3.8, 4) is 0 Å². The summed E-state index contributed by atoms with van der Waals surface area (Å²) in [5.41, 5.74) is -1.62. The van der Waals surface area contributed by atoms with Gasteiger partial charge < -0.3 is 19.3 Å². The third-order valence-corrected chi connectivity index (χ3v) is 4.95.